The Labute approximate surface area is 101 Å². The Hall–Kier alpha value is -0.900. The molecule has 1 heterocycles. The van der Waals surface area contributed by atoms with E-state index in [1.54, 1.807) is 0 Å². The molecule has 0 saturated carbocycles. The molecule has 0 saturated heterocycles. The van der Waals surface area contributed by atoms with Crippen LogP contribution in [0.15, 0.2) is 30.3 Å². The Morgan fingerprint density at radius 1 is 1.38 bits per heavy atom. The van der Waals surface area contributed by atoms with Crippen molar-refractivity contribution in [1.29, 1.82) is 0 Å². The summed E-state index contributed by atoms with van der Waals surface area (Å²) >= 11 is 1.88. The Balaban J connectivity index is 2.26. The molecule has 0 fully saturated rings. The summed E-state index contributed by atoms with van der Waals surface area (Å²) in [6.07, 6.45) is 0. The second-order valence-electron chi connectivity index (χ2n) is 4.13. The van der Waals surface area contributed by atoms with Gasteiger partial charge in [0, 0.05) is 28.7 Å². The van der Waals surface area contributed by atoms with Crippen molar-refractivity contribution in [2.75, 3.05) is 20.1 Å². The number of nitrogens with two attached hydrogens (primary N) is 1. The molecule has 2 aromatic rings. The van der Waals surface area contributed by atoms with E-state index in [1.165, 1.54) is 15.0 Å². The van der Waals surface area contributed by atoms with E-state index in [-0.39, 0.29) is 0 Å². The molecule has 1 atom stereocenters. The molecule has 1 aromatic heterocycles. The lowest BCUT2D eigenvalue weighted by Gasteiger charge is -2.22. The van der Waals surface area contributed by atoms with Gasteiger partial charge in [-0.1, -0.05) is 18.2 Å². The molecule has 1 aromatic carbocycles. The normalized spacial score (nSPS) is 13.5. The van der Waals surface area contributed by atoms with Crippen LogP contribution in [0.5, 0.6) is 0 Å². The first kappa shape index (κ1) is 11.6. The third kappa shape index (κ3) is 2.26. The maximum absolute atomic E-state index is 5.58. The fourth-order valence-electron chi connectivity index (χ4n) is 1.82. The van der Waals surface area contributed by atoms with E-state index in [0.717, 1.165) is 6.54 Å². The molecule has 2 nitrogen and oxygen atoms in total. The molecular weight excluding hydrogens is 216 g/mol. The lowest BCUT2D eigenvalue weighted by atomic mass is 10.2. The van der Waals surface area contributed by atoms with E-state index in [0.29, 0.717) is 12.6 Å². The minimum Gasteiger partial charge on any atom is -0.329 e. The average Bonchev–Trinajstić information content (AvgIpc) is 2.71. The maximum Gasteiger partial charge on any atom is 0.0411 e. The Morgan fingerprint density at radius 3 is 2.81 bits per heavy atom. The summed E-state index contributed by atoms with van der Waals surface area (Å²) in [6, 6.07) is 11.3. The van der Waals surface area contributed by atoms with Crippen molar-refractivity contribution < 1.29 is 0 Å². The Kier molecular flexibility index (Phi) is 3.59. The van der Waals surface area contributed by atoms with E-state index < -0.39 is 0 Å². The van der Waals surface area contributed by atoms with Crippen LogP contribution >= 0.6 is 11.3 Å². The lowest BCUT2D eigenvalue weighted by molar-refractivity contribution is 0.272. The molecule has 2 N–H and O–H groups in total. The predicted octanol–water partition coefficient (Wildman–Crippen LogP) is 2.85. The lowest BCUT2D eigenvalue weighted by Crippen LogP contribution is -2.27. The first-order chi connectivity index (χ1) is 7.72. The van der Waals surface area contributed by atoms with E-state index in [4.69, 9.17) is 5.73 Å². The number of nitrogens with zero attached hydrogens (tertiary/aromatic N) is 1. The van der Waals surface area contributed by atoms with Crippen LogP contribution in [-0.2, 0) is 0 Å². The summed E-state index contributed by atoms with van der Waals surface area (Å²) in [5.74, 6) is 0. The topological polar surface area (TPSA) is 29.3 Å². The second-order valence-corrected chi connectivity index (χ2v) is 5.25. The second kappa shape index (κ2) is 4.95. The predicted molar refractivity (Wildman–Crippen MR) is 71.9 cm³/mol. The van der Waals surface area contributed by atoms with Crippen molar-refractivity contribution >= 4 is 21.4 Å². The maximum atomic E-state index is 5.58. The molecule has 0 radical (unpaired) electrons. The van der Waals surface area contributed by atoms with Crippen molar-refractivity contribution in [2.45, 2.75) is 13.0 Å². The molecule has 1 unspecified atom stereocenters. The molecule has 0 spiro atoms. The molecule has 3 heteroatoms. The Bertz CT molecular complexity index is 431. The number of benzene rings is 1. The highest BCUT2D eigenvalue weighted by molar-refractivity contribution is 7.19. The zero-order valence-electron chi connectivity index (χ0n) is 9.81. The van der Waals surface area contributed by atoms with Gasteiger partial charge in [0.25, 0.3) is 0 Å². The number of hydrogen-bond acceptors (Lipinski definition) is 3. The number of likely N-dealkylation sites (N-methyl/N-ethyl adjacent to an activating group) is 1. The highest BCUT2D eigenvalue weighted by Gasteiger charge is 2.13. The first-order valence-corrected chi connectivity index (χ1v) is 6.43. The van der Waals surface area contributed by atoms with Crippen LogP contribution in [-0.4, -0.2) is 25.0 Å². The molecule has 2 rings (SSSR count). The number of hydrogen-bond donors (Lipinski definition) is 1. The van der Waals surface area contributed by atoms with Crippen LogP contribution in [0.2, 0.25) is 0 Å². The van der Waals surface area contributed by atoms with Gasteiger partial charge in [0.05, 0.1) is 0 Å². The van der Waals surface area contributed by atoms with Crippen molar-refractivity contribution in [3.8, 4) is 0 Å². The van der Waals surface area contributed by atoms with E-state index in [2.05, 4.69) is 49.2 Å². The van der Waals surface area contributed by atoms with Gasteiger partial charge in [0.15, 0.2) is 0 Å². The van der Waals surface area contributed by atoms with Crippen LogP contribution in [0.25, 0.3) is 10.1 Å². The van der Waals surface area contributed by atoms with Crippen LogP contribution < -0.4 is 5.73 Å². The quantitative estimate of drug-likeness (QED) is 0.881. The zero-order chi connectivity index (χ0) is 11.5. The summed E-state index contributed by atoms with van der Waals surface area (Å²) in [5.41, 5.74) is 5.58. The third-order valence-corrected chi connectivity index (χ3v) is 4.29. The van der Waals surface area contributed by atoms with Crippen LogP contribution in [0.3, 0.4) is 0 Å². The number of rotatable bonds is 4. The van der Waals surface area contributed by atoms with Gasteiger partial charge in [-0.05, 0) is 31.5 Å². The van der Waals surface area contributed by atoms with Crippen molar-refractivity contribution in [3.05, 3.63) is 35.2 Å². The molecule has 0 bridgehead atoms. The average molecular weight is 234 g/mol. The van der Waals surface area contributed by atoms with Crippen LogP contribution in [0, 0.1) is 0 Å². The van der Waals surface area contributed by atoms with Gasteiger partial charge in [0.1, 0.15) is 0 Å². The summed E-state index contributed by atoms with van der Waals surface area (Å²) in [4.78, 5) is 3.71. The fourth-order valence-corrected chi connectivity index (χ4v) is 3.00. The summed E-state index contributed by atoms with van der Waals surface area (Å²) in [5, 5.41) is 1.34. The monoisotopic (exact) mass is 234 g/mol. The third-order valence-electron chi connectivity index (χ3n) is 3.00. The van der Waals surface area contributed by atoms with Gasteiger partial charge in [-0.15, -0.1) is 11.3 Å². The largest absolute Gasteiger partial charge is 0.329 e. The highest BCUT2D eigenvalue weighted by atomic mass is 32.1. The summed E-state index contributed by atoms with van der Waals surface area (Å²) < 4.78 is 1.37. The van der Waals surface area contributed by atoms with Crippen molar-refractivity contribution in [2.24, 2.45) is 5.73 Å². The highest BCUT2D eigenvalue weighted by Crippen LogP contribution is 2.31. The van der Waals surface area contributed by atoms with Crippen molar-refractivity contribution in [1.82, 2.24) is 4.90 Å². The summed E-state index contributed by atoms with van der Waals surface area (Å²) in [7, 11) is 2.13. The molecule has 0 amide bonds. The van der Waals surface area contributed by atoms with Gasteiger partial charge in [-0.2, -0.15) is 0 Å². The van der Waals surface area contributed by atoms with E-state index in [9.17, 15) is 0 Å². The smallest absolute Gasteiger partial charge is 0.0411 e. The fraction of sp³-hybridized carbons (Fsp3) is 0.385. The molecule has 0 aliphatic carbocycles. The Morgan fingerprint density at radius 2 is 2.12 bits per heavy atom. The van der Waals surface area contributed by atoms with Gasteiger partial charge in [0.2, 0.25) is 0 Å². The van der Waals surface area contributed by atoms with E-state index >= 15 is 0 Å². The minimum atomic E-state index is 0.445. The van der Waals surface area contributed by atoms with E-state index in [1.807, 2.05) is 11.3 Å². The SMILES string of the molecule is CC(c1cc2ccccc2s1)N(C)CCN. The van der Waals surface area contributed by atoms with Gasteiger partial charge in [-0.25, -0.2) is 0 Å². The minimum absolute atomic E-state index is 0.445. The van der Waals surface area contributed by atoms with Crippen LogP contribution in [0.1, 0.15) is 17.8 Å². The van der Waals surface area contributed by atoms with Crippen molar-refractivity contribution in [3.63, 3.8) is 0 Å². The van der Waals surface area contributed by atoms with Crippen LogP contribution in [0.4, 0.5) is 0 Å². The summed E-state index contributed by atoms with van der Waals surface area (Å²) in [6.45, 7) is 3.89. The van der Waals surface area contributed by atoms with Gasteiger partial charge < -0.3 is 5.73 Å². The molecule has 16 heavy (non-hydrogen) atoms. The first-order valence-electron chi connectivity index (χ1n) is 5.61. The van der Waals surface area contributed by atoms with Gasteiger partial charge >= 0.3 is 0 Å². The van der Waals surface area contributed by atoms with Gasteiger partial charge in [-0.3, -0.25) is 4.90 Å². The standard InChI is InChI=1S/C13H18N2S/c1-10(15(2)8-7-14)13-9-11-5-3-4-6-12(11)16-13/h3-6,9-10H,7-8,14H2,1-2H3. The zero-order valence-corrected chi connectivity index (χ0v) is 10.6. The number of fused-ring (bicyclic) bond motifs is 1. The molecular formula is C13H18N2S. The molecule has 86 valence electrons. The molecule has 0 aliphatic rings. The molecule has 0 aliphatic heterocycles. The number of thiophene rings is 1.